The third-order valence-electron chi connectivity index (χ3n) is 4.17. The van der Waals surface area contributed by atoms with Crippen molar-refractivity contribution >= 4 is 17.4 Å². The van der Waals surface area contributed by atoms with Crippen molar-refractivity contribution in [3.05, 3.63) is 53.6 Å². The molecule has 2 aromatic rings. The van der Waals surface area contributed by atoms with Gasteiger partial charge < -0.3 is 14.2 Å². The Kier molecular flexibility index (Phi) is 5.33. The van der Waals surface area contributed by atoms with E-state index >= 15 is 0 Å². The van der Waals surface area contributed by atoms with Crippen LogP contribution in [-0.4, -0.2) is 32.5 Å². The molecule has 0 fully saturated rings. The zero-order chi connectivity index (χ0) is 17.6. The van der Waals surface area contributed by atoms with Crippen molar-refractivity contribution < 1.29 is 19.0 Å². The Balaban J connectivity index is 1.86. The predicted molar refractivity (Wildman–Crippen MR) is 96.1 cm³/mol. The van der Waals surface area contributed by atoms with Gasteiger partial charge in [0.2, 0.25) is 0 Å². The molecule has 3 rings (SSSR count). The fourth-order valence-electron chi connectivity index (χ4n) is 2.84. The number of ether oxygens (including phenoxy) is 3. The Hall–Kier alpha value is -2.82. The van der Waals surface area contributed by atoms with Crippen LogP contribution in [0.15, 0.2) is 47.5 Å². The number of aliphatic imine (C=N–C) groups is 1. The van der Waals surface area contributed by atoms with Gasteiger partial charge in [-0.3, -0.25) is 4.99 Å². The zero-order valence-electron chi connectivity index (χ0n) is 14.5. The van der Waals surface area contributed by atoms with Crippen LogP contribution in [0.5, 0.6) is 11.5 Å². The molecule has 0 amide bonds. The second kappa shape index (κ2) is 7.83. The average Bonchev–Trinajstić information content (AvgIpc) is 2.67. The summed E-state index contributed by atoms with van der Waals surface area (Å²) in [6.07, 6.45) is 3.01. The molecule has 0 unspecified atom stereocenters. The van der Waals surface area contributed by atoms with Gasteiger partial charge in [-0.1, -0.05) is 6.07 Å². The largest absolute Gasteiger partial charge is 0.497 e. The molecule has 0 aliphatic heterocycles. The highest BCUT2D eigenvalue weighted by Gasteiger charge is 2.17. The topological polar surface area (TPSA) is 57.1 Å². The number of methoxy groups -OCH3 is 2. The molecule has 0 bridgehead atoms. The third-order valence-corrected chi connectivity index (χ3v) is 4.17. The first-order valence-corrected chi connectivity index (χ1v) is 8.24. The number of esters is 1. The Morgan fingerprint density at radius 3 is 2.52 bits per heavy atom. The fraction of sp³-hybridized carbons (Fsp3) is 0.300. The minimum Gasteiger partial charge on any atom is -0.497 e. The van der Waals surface area contributed by atoms with Gasteiger partial charge in [0, 0.05) is 11.3 Å². The molecule has 0 aromatic heterocycles. The van der Waals surface area contributed by atoms with Crippen LogP contribution in [0.4, 0.5) is 5.69 Å². The van der Waals surface area contributed by atoms with Gasteiger partial charge in [0.05, 0.1) is 19.9 Å². The lowest BCUT2D eigenvalue weighted by Gasteiger charge is -2.19. The number of rotatable bonds is 5. The number of hydrogen-bond acceptors (Lipinski definition) is 5. The van der Waals surface area contributed by atoms with Gasteiger partial charge in [-0.15, -0.1) is 0 Å². The number of carbonyl (C=O) groups excluding carboxylic acids is 1. The minimum atomic E-state index is -0.398. The van der Waals surface area contributed by atoms with E-state index in [-0.39, 0.29) is 6.61 Å². The van der Waals surface area contributed by atoms with Crippen LogP contribution in [-0.2, 0) is 16.0 Å². The number of fused-ring (bicyclic) bond motifs is 1. The highest BCUT2D eigenvalue weighted by molar-refractivity contribution is 6.04. The van der Waals surface area contributed by atoms with E-state index in [2.05, 4.69) is 4.74 Å². The zero-order valence-corrected chi connectivity index (χ0v) is 14.5. The second-order valence-corrected chi connectivity index (χ2v) is 5.79. The van der Waals surface area contributed by atoms with E-state index < -0.39 is 5.97 Å². The number of benzene rings is 2. The Morgan fingerprint density at radius 2 is 1.80 bits per heavy atom. The summed E-state index contributed by atoms with van der Waals surface area (Å²) >= 11 is 0. The summed E-state index contributed by atoms with van der Waals surface area (Å²) in [5.41, 5.74) is 4.27. The smallest absolute Gasteiger partial charge is 0.343 e. The van der Waals surface area contributed by atoms with Crippen molar-refractivity contribution in [2.24, 2.45) is 4.99 Å². The van der Waals surface area contributed by atoms with E-state index in [1.807, 2.05) is 42.5 Å². The van der Waals surface area contributed by atoms with Gasteiger partial charge in [0.1, 0.15) is 11.5 Å². The van der Waals surface area contributed by atoms with Crippen molar-refractivity contribution in [3.8, 4) is 11.5 Å². The van der Waals surface area contributed by atoms with Crippen molar-refractivity contribution in [1.29, 1.82) is 0 Å². The Labute approximate surface area is 147 Å². The first-order valence-electron chi connectivity index (χ1n) is 8.24. The lowest BCUT2D eigenvalue weighted by atomic mass is 9.90. The maximum atomic E-state index is 11.3. The van der Waals surface area contributed by atoms with E-state index in [1.54, 1.807) is 7.11 Å². The Morgan fingerprint density at radius 1 is 1.04 bits per heavy atom. The summed E-state index contributed by atoms with van der Waals surface area (Å²) in [6.45, 7) is -0.0970. The van der Waals surface area contributed by atoms with Gasteiger partial charge in [0.15, 0.2) is 6.61 Å². The lowest BCUT2D eigenvalue weighted by Crippen LogP contribution is -2.15. The minimum absolute atomic E-state index is 0.0970. The molecule has 25 heavy (non-hydrogen) atoms. The number of aryl methyl sites for hydroxylation is 1. The average molecular weight is 339 g/mol. The molecule has 0 atom stereocenters. The van der Waals surface area contributed by atoms with Crippen LogP contribution in [0.3, 0.4) is 0 Å². The molecule has 2 aromatic carbocycles. The molecule has 0 N–H and O–H groups in total. The van der Waals surface area contributed by atoms with Crippen LogP contribution < -0.4 is 9.47 Å². The predicted octanol–water partition coefficient (Wildman–Crippen LogP) is 3.70. The summed E-state index contributed by atoms with van der Waals surface area (Å²) in [4.78, 5) is 16.1. The van der Waals surface area contributed by atoms with E-state index in [1.165, 1.54) is 12.7 Å². The first-order chi connectivity index (χ1) is 12.2. The number of hydrogen-bond donors (Lipinski definition) is 0. The van der Waals surface area contributed by atoms with Crippen molar-refractivity contribution in [2.45, 2.75) is 19.3 Å². The molecule has 0 radical (unpaired) electrons. The maximum absolute atomic E-state index is 11.3. The maximum Gasteiger partial charge on any atom is 0.343 e. The molecule has 0 saturated carbocycles. The quantitative estimate of drug-likeness (QED) is 0.779. The summed E-state index contributed by atoms with van der Waals surface area (Å²) in [7, 11) is 2.99. The molecule has 5 nitrogen and oxygen atoms in total. The monoisotopic (exact) mass is 339 g/mol. The van der Waals surface area contributed by atoms with Gasteiger partial charge in [-0.2, -0.15) is 0 Å². The number of carbonyl (C=O) groups is 1. The summed E-state index contributed by atoms with van der Waals surface area (Å²) in [5, 5.41) is 0. The van der Waals surface area contributed by atoms with Crippen LogP contribution in [0.25, 0.3) is 0 Å². The van der Waals surface area contributed by atoms with Gasteiger partial charge in [-0.25, -0.2) is 4.79 Å². The lowest BCUT2D eigenvalue weighted by molar-refractivity contribution is -0.142. The van der Waals surface area contributed by atoms with Crippen molar-refractivity contribution in [1.82, 2.24) is 0 Å². The molecule has 1 aliphatic rings. The number of nitrogens with zero attached hydrogens (tertiary/aromatic N) is 1. The van der Waals surface area contributed by atoms with Crippen molar-refractivity contribution in [3.63, 3.8) is 0 Å². The van der Waals surface area contributed by atoms with E-state index in [0.29, 0.717) is 5.75 Å². The van der Waals surface area contributed by atoms with Crippen molar-refractivity contribution in [2.75, 3.05) is 20.8 Å². The van der Waals surface area contributed by atoms with E-state index in [4.69, 9.17) is 14.5 Å². The molecular weight excluding hydrogens is 318 g/mol. The van der Waals surface area contributed by atoms with Gasteiger partial charge >= 0.3 is 5.97 Å². The standard InChI is InChI=1S/C20H21NO4/c1-23-16-10-7-15(8-11-16)21-19-5-3-4-14-6-9-17(12-18(14)19)25-13-20(22)24-2/h6-12H,3-5,13H2,1-2H3/b21-19+. The van der Waals surface area contributed by atoms with Crippen LogP contribution in [0.2, 0.25) is 0 Å². The van der Waals surface area contributed by atoms with Crippen LogP contribution >= 0.6 is 0 Å². The molecule has 5 heteroatoms. The van der Waals surface area contributed by atoms with Crippen LogP contribution in [0.1, 0.15) is 24.0 Å². The summed E-state index contributed by atoms with van der Waals surface area (Å²) in [6, 6.07) is 13.6. The van der Waals surface area contributed by atoms with Gasteiger partial charge in [-0.05, 0) is 61.2 Å². The molecule has 1 aliphatic carbocycles. The van der Waals surface area contributed by atoms with E-state index in [9.17, 15) is 4.79 Å². The normalized spacial score (nSPS) is 14.7. The molecule has 0 heterocycles. The highest BCUT2D eigenvalue weighted by Crippen LogP contribution is 2.28. The first kappa shape index (κ1) is 17.0. The fourth-order valence-corrected chi connectivity index (χ4v) is 2.84. The SMILES string of the molecule is COC(=O)COc1ccc2c(c1)/C(=N/c1ccc(OC)cc1)CCC2. The van der Waals surface area contributed by atoms with Crippen LogP contribution in [0, 0.1) is 0 Å². The molecule has 0 spiro atoms. The highest BCUT2D eigenvalue weighted by atomic mass is 16.6. The molecular formula is C20H21NO4. The molecule has 0 saturated heterocycles. The van der Waals surface area contributed by atoms with E-state index in [0.717, 1.165) is 42.0 Å². The third kappa shape index (κ3) is 4.18. The Bertz CT molecular complexity index is 781. The molecule has 130 valence electrons. The second-order valence-electron chi connectivity index (χ2n) is 5.79. The van der Waals surface area contributed by atoms with Gasteiger partial charge in [0.25, 0.3) is 0 Å². The summed E-state index contributed by atoms with van der Waals surface area (Å²) in [5.74, 6) is 1.06. The summed E-state index contributed by atoms with van der Waals surface area (Å²) < 4.78 is 15.3.